The number of rotatable bonds is 7. The normalized spacial score (nSPS) is 11.0. The molecule has 0 bridgehead atoms. The number of nitrogens with one attached hydrogen (secondary N) is 2. The molecular formula is C12H20N6. The summed E-state index contributed by atoms with van der Waals surface area (Å²) in [6.07, 6.45) is 7.08. The Balaban J connectivity index is 1.85. The van der Waals surface area contributed by atoms with Crippen molar-refractivity contribution in [1.82, 2.24) is 19.9 Å². The second-order valence-electron chi connectivity index (χ2n) is 4.29. The maximum atomic E-state index is 5.49. The van der Waals surface area contributed by atoms with Crippen LogP contribution in [0.3, 0.4) is 0 Å². The number of aromatic amines is 2. The lowest BCUT2D eigenvalue weighted by Crippen LogP contribution is -2.03. The van der Waals surface area contributed by atoms with Crippen molar-refractivity contribution in [3.8, 4) is 0 Å². The van der Waals surface area contributed by atoms with Gasteiger partial charge in [0.15, 0.2) is 0 Å². The van der Waals surface area contributed by atoms with Gasteiger partial charge in [-0.15, -0.1) is 0 Å². The Morgan fingerprint density at radius 2 is 1.22 bits per heavy atom. The molecular weight excluding hydrogens is 228 g/mol. The summed E-state index contributed by atoms with van der Waals surface area (Å²) in [5, 5.41) is 0. The van der Waals surface area contributed by atoms with Crippen LogP contribution < -0.4 is 11.5 Å². The lowest BCUT2D eigenvalue weighted by molar-refractivity contribution is 0.820. The predicted molar refractivity (Wildman–Crippen MR) is 70.1 cm³/mol. The van der Waals surface area contributed by atoms with E-state index in [0.717, 1.165) is 48.7 Å². The summed E-state index contributed by atoms with van der Waals surface area (Å²) in [5.74, 6) is 1.96. The fourth-order valence-corrected chi connectivity index (χ4v) is 1.87. The van der Waals surface area contributed by atoms with Crippen LogP contribution in [0.5, 0.6) is 0 Å². The molecule has 6 N–H and O–H groups in total. The standard InChI is InChI=1S/C12H20N6/c13-5-3-9-7-15-11(17-9)1-2-12-16-8-10(18-12)4-6-14/h7-8H,1-6,13-14H2,(H,15,17)(H,16,18). The fraction of sp³-hybridized carbons (Fsp3) is 0.500. The van der Waals surface area contributed by atoms with Gasteiger partial charge in [-0.05, 0) is 13.1 Å². The van der Waals surface area contributed by atoms with Gasteiger partial charge in [-0.1, -0.05) is 0 Å². The summed E-state index contributed by atoms with van der Waals surface area (Å²) in [6.45, 7) is 1.28. The van der Waals surface area contributed by atoms with E-state index in [1.54, 1.807) is 0 Å². The molecule has 0 aliphatic carbocycles. The molecule has 0 spiro atoms. The van der Waals surface area contributed by atoms with Gasteiger partial charge in [-0.3, -0.25) is 0 Å². The first-order valence-corrected chi connectivity index (χ1v) is 6.27. The van der Waals surface area contributed by atoms with Gasteiger partial charge in [-0.2, -0.15) is 0 Å². The van der Waals surface area contributed by atoms with Crippen LogP contribution in [0.4, 0.5) is 0 Å². The Morgan fingerprint density at radius 1 is 0.778 bits per heavy atom. The third-order valence-electron chi connectivity index (χ3n) is 2.79. The van der Waals surface area contributed by atoms with Crippen LogP contribution in [0.25, 0.3) is 0 Å². The van der Waals surface area contributed by atoms with Gasteiger partial charge in [0.2, 0.25) is 0 Å². The van der Waals surface area contributed by atoms with Crippen LogP contribution >= 0.6 is 0 Å². The molecule has 98 valence electrons. The van der Waals surface area contributed by atoms with E-state index >= 15 is 0 Å². The van der Waals surface area contributed by atoms with E-state index in [-0.39, 0.29) is 0 Å². The van der Waals surface area contributed by atoms with Gasteiger partial charge in [0.1, 0.15) is 11.6 Å². The highest BCUT2D eigenvalue weighted by Gasteiger charge is 2.04. The van der Waals surface area contributed by atoms with Crippen LogP contribution in [0.2, 0.25) is 0 Å². The second kappa shape index (κ2) is 6.32. The second-order valence-corrected chi connectivity index (χ2v) is 4.29. The van der Waals surface area contributed by atoms with Crippen molar-refractivity contribution >= 4 is 0 Å². The molecule has 0 aromatic carbocycles. The number of H-pyrrole nitrogens is 2. The summed E-state index contributed by atoms with van der Waals surface area (Å²) < 4.78 is 0. The molecule has 2 aromatic rings. The van der Waals surface area contributed by atoms with Gasteiger partial charge >= 0.3 is 0 Å². The van der Waals surface area contributed by atoms with E-state index in [4.69, 9.17) is 11.5 Å². The number of imidazole rings is 2. The molecule has 0 saturated carbocycles. The first-order chi connectivity index (χ1) is 8.81. The molecule has 18 heavy (non-hydrogen) atoms. The van der Waals surface area contributed by atoms with E-state index in [1.807, 2.05) is 12.4 Å². The number of hydrogen-bond acceptors (Lipinski definition) is 4. The van der Waals surface area contributed by atoms with Crippen LogP contribution in [-0.2, 0) is 25.7 Å². The molecule has 0 amide bonds. The minimum Gasteiger partial charge on any atom is -0.346 e. The number of aromatic nitrogens is 4. The molecule has 0 saturated heterocycles. The first kappa shape index (κ1) is 12.8. The molecule has 2 rings (SSSR count). The SMILES string of the molecule is NCCc1cnc(CCc2ncc(CCN)[nH]2)[nH]1. The minimum absolute atomic E-state index is 0.641. The largest absolute Gasteiger partial charge is 0.346 e. The van der Waals surface area contributed by atoms with Crippen LogP contribution in [0.1, 0.15) is 23.0 Å². The van der Waals surface area contributed by atoms with Crippen molar-refractivity contribution in [2.75, 3.05) is 13.1 Å². The highest BCUT2D eigenvalue weighted by atomic mass is 14.9. The number of hydrogen-bond donors (Lipinski definition) is 4. The molecule has 0 aliphatic heterocycles. The van der Waals surface area contributed by atoms with Crippen LogP contribution in [0.15, 0.2) is 12.4 Å². The monoisotopic (exact) mass is 248 g/mol. The maximum absolute atomic E-state index is 5.49. The Bertz CT molecular complexity index is 428. The summed E-state index contributed by atoms with van der Waals surface area (Å²) in [7, 11) is 0. The Hall–Kier alpha value is -1.66. The highest BCUT2D eigenvalue weighted by molar-refractivity contribution is 5.05. The fourth-order valence-electron chi connectivity index (χ4n) is 1.87. The van der Waals surface area contributed by atoms with Gasteiger partial charge in [0.25, 0.3) is 0 Å². The summed E-state index contributed by atoms with van der Waals surface area (Å²) >= 11 is 0. The molecule has 0 atom stereocenters. The molecule has 2 heterocycles. The molecule has 0 aliphatic rings. The van der Waals surface area contributed by atoms with E-state index < -0.39 is 0 Å². The van der Waals surface area contributed by atoms with E-state index in [2.05, 4.69) is 19.9 Å². The number of nitrogens with two attached hydrogens (primary N) is 2. The number of aryl methyl sites for hydroxylation is 2. The van der Waals surface area contributed by atoms with Crippen molar-refractivity contribution in [1.29, 1.82) is 0 Å². The molecule has 2 aromatic heterocycles. The average molecular weight is 248 g/mol. The topological polar surface area (TPSA) is 109 Å². The molecule has 0 radical (unpaired) electrons. The van der Waals surface area contributed by atoms with Crippen LogP contribution in [0, 0.1) is 0 Å². The number of nitrogens with zero attached hydrogens (tertiary/aromatic N) is 2. The Kier molecular flexibility index (Phi) is 4.49. The quantitative estimate of drug-likeness (QED) is 0.549. The molecule has 6 heteroatoms. The zero-order chi connectivity index (χ0) is 12.8. The van der Waals surface area contributed by atoms with E-state index in [9.17, 15) is 0 Å². The summed E-state index contributed by atoms with van der Waals surface area (Å²) in [5.41, 5.74) is 13.2. The Morgan fingerprint density at radius 3 is 1.61 bits per heavy atom. The maximum Gasteiger partial charge on any atom is 0.106 e. The van der Waals surface area contributed by atoms with Crippen molar-refractivity contribution in [3.63, 3.8) is 0 Å². The first-order valence-electron chi connectivity index (χ1n) is 6.27. The average Bonchev–Trinajstić information content (AvgIpc) is 2.97. The summed E-state index contributed by atoms with van der Waals surface area (Å²) in [6, 6.07) is 0. The molecule has 0 fully saturated rings. The van der Waals surface area contributed by atoms with Gasteiger partial charge in [0, 0.05) is 49.5 Å². The van der Waals surface area contributed by atoms with Gasteiger partial charge in [0.05, 0.1) is 0 Å². The van der Waals surface area contributed by atoms with Crippen molar-refractivity contribution in [2.45, 2.75) is 25.7 Å². The lowest BCUT2D eigenvalue weighted by atomic mass is 10.3. The zero-order valence-electron chi connectivity index (χ0n) is 10.4. The van der Waals surface area contributed by atoms with Gasteiger partial charge < -0.3 is 21.4 Å². The van der Waals surface area contributed by atoms with Crippen molar-refractivity contribution in [2.24, 2.45) is 11.5 Å². The van der Waals surface area contributed by atoms with Crippen molar-refractivity contribution in [3.05, 3.63) is 35.4 Å². The molecule has 6 nitrogen and oxygen atoms in total. The third kappa shape index (κ3) is 3.41. The minimum atomic E-state index is 0.641. The molecule has 0 unspecified atom stereocenters. The summed E-state index contributed by atoms with van der Waals surface area (Å²) in [4.78, 5) is 15.2. The van der Waals surface area contributed by atoms with E-state index in [0.29, 0.717) is 13.1 Å². The predicted octanol–water partition coefficient (Wildman–Crippen LogP) is -0.0796. The highest BCUT2D eigenvalue weighted by Crippen LogP contribution is 2.04. The zero-order valence-corrected chi connectivity index (χ0v) is 10.4. The Labute approximate surface area is 106 Å². The van der Waals surface area contributed by atoms with E-state index in [1.165, 1.54) is 0 Å². The van der Waals surface area contributed by atoms with Crippen molar-refractivity contribution < 1.29 is 0 Å². The lowest BCUT2D eigenvalue weighted by Gasteiger charge is -1.96. The van der Waals surface area contributed by atoms with Gasteiger partial charge in [-0.25, -0.2) is 9.97 Å². The third-order valence-corrected chi connectivity index (χ3v) is 2.79. The smallest absolute Gasteiger partial charge is 0.106 e. The van der Waals surface area contributed by atoms with Crippen LogP contribution in [-0.4, -0.2) is 33.0 Å².